The van der Waals surface area contributed by atoms with Crippen molar-refractivity contribution in [3.05, 3.63) is 47.0 Å². The maximum atomic E-state index is 5.55. The average Bonchev–Trinajstić information content (AvgIpc) is 2.09. The summed E-state index contributed by atoms with van der Waals surface area (Å²) in [5.41, 5.74) is 4.06. The van der Waals surface area contributed by atoms with Crippen LogP contribution in [0, 0.1) is 13.8 Å². The van der Waals surface area contributed by atoms with Crippen molar-refractivity contribution in [3.63, 3.8) is 0 Å². The first kappa shape index (κ1) is 10.3. The van der Waals surface area contributed by atoms with Crippen molar-refractivity contribution in [2.45, 2.75) is 20.3 Å². The standard InChI is InChI=1S/C12H15Cl/c1-10-6-7-12(11(2)9-10)5-3-4-8-13/h3-4,6-7,9H,5,8H2,1-2H3/b4-3+. The lowest BCUT2D eigenvalue weighted by Crippen LogP contribution is -1.87. The molecule has 0 aliphatic rings. The number of benzene rings is 1. The van der Waals surface area contributed by atoms with Gasteiger partial charge in [0, 0.05) is 5.88 Å². The number of aryl methyl sites for hydroxylation is 2. The molecule has 0 aromatic heterocycles. The zero-order chi connectivity index (χ0) is 9.68. The van der Waals surface area contributed by atoms with Crippen molar-refractivity contribution in [2.75, 3.05) is 5.88 Å². The Morgan fingerprint density at radius 3 is 2.62 bits per heavy atom. The van der Waals surface area contributed by atoms with E-state index < -0.39 is 0 Å². The number of hydrogen-bond donors (Lipinski definition) is 0. The first-order valence-electron chi connectivity index (χ1n) is 4.51. The van der Waals surface area contributed by atoms with Crippen molar-refractivity contribution in [2.24, 2.45) is 0 Å². The van der Waals surface area contributed by atoms with E-state index in [9.17, 15) is 0 Å². The summed E-state index contributed by atoms with van der Waals surface area (Å²) >= 11 is 5.55. The SMILES string of the molecule is Cc1ccc(C/C=C/CCl)c(C)c1. The monoisotopic (exact) mass is 194 g/mol. The molecular weight excluding hydrogens is 180 g/mol. The molecule has 0 spiro atoms. The number of rotatable bonds is 3. The Morgan fingerprint density at radius 1 is 1.23 bits per heavy atom. The van der Waals surface area contributed by atoms with Crippen molar-refractivity contribution >= 4 is 11.6 Å². The van der Waals surface area contributed by atoms with E-state index in [0.29, 0.717) is 5.88 Å². The molecule has 0 aliphatic carbocycles. The van der Waals surface area contributed by atoms with Gasteiger partial charge in [-0.05, 0) is 31.4 Å². The van der Waals surface area contributed by atoms with Crippen LogP contribution in [0.3, 0.4) is 0 Å². The molecule has 1 aromatic carbocycles. The summed E-state index contributed by atoms with van der Waals surface area (Å²) in [5, 5.41) is 0. The highest BCUT2D eigenvalue weighted by Gasteiger charge is 1.95. The van der Waals surface area contributed by atoms with Gasteiger partial charge in [0.15, 0.2) is 0 Å². The van der Waals surface area contributed by atoms with Crippen LogP contribution in [0.2, 0.25) is 0 Å². The number of halogens is 1. The molecule has 0 fully saturated rings. The molecule has 0 heterocycles. The molecule has 0 saturated heterocycles. The fourth-order valence-corrected chi connectivity index (χ4v) is 1.47. The van der Waals surface area contributed by atoms with Crippen LogP contribution in [-0.4, -0.2) is 5.88 Å². The van der Waals surface area contributed by atoms with E-state index in [-0.39, 0.29) is 0 Å². The molecule has 0 unspecified atom stereocenters. The van der Waals surface area contributed by atoms with Crippen LogP contribution in [0.5, 0.6) is 0 Å². The Labute approximate surface area is 85.2 Å². The molecule has 0 saturated carbocycles. The van der Waals surface area contributed by atoms with Crippen LogP contribution in [-0.2, 0) is 6.42 Å². The van der Waals surface area contributed by atoms with Crippen molar-refractivity contribution < 1.29 is 0 Å². The smallest absolute Gasteiger partial charge is 0.0404 e. The second-order valence-corrected chi connectivity index (χ2v) is 3.57. The second kappa shape index (κ2) is 5.08. The van der Waals surface area contributed by atoms with Gasteiger partial charge in [0.25, 0.3) is 0 Å². The Balaban J connectivity index is 2.72. The summed E-state index contributed by atoms with van der Waals surface area (Å²) in [6.45, 7) is 4.27. The van der Waals surface area contributed by atoms with Gasteiger partial charge in [-0.2, -0.15) is 0 Å². The zero-order valence-corrected chi connectivity index (χ0v) is 8.93. The summed E-state index contributed by atoms with van der Waals surface area (Å²) in [5.74, 6) is 0.602. The van der Waals surface area contributed by atoms with Crippen LogP contribution >= 0.6 is 11.6 Å². The highest BCUT2D eigenvalue weighted by Crippen LogP contribution is 2.11. The maximum Gasteiger partial charge on any atom is 0.0404 e. The van der Waals surface area contributed by atoms with E-state index >= 15 is 0 Å². The third-order valence-electron chi connectivity index (χ3n) is 2.09. The Hall–Kier alpha value is -0.750. The van der Waals surface area contributed by atoms with E-state index in [4.69, 9.17) is 11.6 Å². The highest BCUT2D eigenvalue weighted by molar-refractivity contribution is 6.18. The molecule has 0 nitrogen and oxygen atoms in total. The van der Waals surface area contributed by atoms with E-state index in [2.05, 4.69) is 38.1 Å². The maximum absolute atomic E-state index is 5.55. The van der Waals surface area contributed by atoms with E-state index in [0.717, 1.165) is 6.42 Å². The predicted molar refractivity (Wildman–Crippen MR) is 59.5 cm³/mol. The van der Waals surface area contributed by atoms with E-state index in [1.165, 1.54) is 16.7 Å². The summed E-state index contributed by atoms with van der Waals surface area (Å²) in [6.07, 6.45) is 5.09. The Bertz CT molecular complexity index is 300. The van der Waals surface area contributed by atoms with Gasteiger partial charge in [0.2, 0.25) is 0 Å². The van der Waals surface area contributed by atoms with Crippen LogP contribution in [0.4, 0.5) is 0 Å². The molecule has 70 valence electrons. The fourth-order valence-electron chi connectivity index (χ4n) is 1.35. The first-order valence-corrected chi connectivity index (χ1v) is 5.04. The molecule has 0 N–H and O–H groups in total. The molecule has 0 atom stereocenters. The molecular formula is C12H15Cl. The minimum absolute atomic E-state index is 0.602. The fraction of sp³-hybridized carbons (Fsp3) is 0.333. The molecule has 1 heteroatoms. The highest BCUT2D eigenvalue weighted by atomic mass is 35.5. The lowest BCUT2D eigenvalue weighted by molar-refractivity contribution is 1.19. The first-order chi connectivity index (χ1) is 6.24. The van der Waals surface area contributed by atoms with Crippen molar-refractivity contribution in [3.8, 4) is 0 Å². The van der Waals surface area contributed by atoms with Crippen LogP contribution in [0.15, 0.2) is 30.4 Å². The molecule has 0 amide bonds. The third kappa shape index (κ3) is 3.23. The summed E-state index contributed by atoms with van der Waals surface area (Å²) < 4.78 is 0. The normalized spacial score (nSPS) is 11.0. The quantitative estimate of drug-likeness (QED) is 0.509. The largest absolute Gasteiger partial charge is 0.122 e. The van der Waals surface area contributed by atoms with E-state index in [1.54, 1.807) is 0 Å². The molecule has 13 heavy (non-hydrogen) atoms. The summed E-state index contributed by atoms with van der Waals surface area (Å²) in [4.78, 5) is 0. The summed E-state index contributed by atoms with van der Waals surface area (Å²) in [6, 6.07) is 6.55. The van der Waals surface area contributed by atoms with Crippen molar-refractivity contribution in [1.29, 1.82) is 0 Å². The number of hydrogen-bond acceptors (Lipinski definition) is 0. The van der Waals surface area contributed by atoms with Gasteiger partial charge in [-0.3, -0.25) is 0 Å². The van der Waals surface area contributed by atoms with Crippen molar-refractivity contribution in [1.82, 2.24) is 0 Å². The van der Waals surface area contributed by atoms with Crippen LogP contribution in [0.25, 0.3) is 0 Å². The summed E-state index contributed by atoms with van der Waals surface area (Å²) in [7, 11) is 0. The topological polar surface area (TPSA) is 0 Å². The Morgan fingerprint density at radius 2 is 2.00 bits per heavy atom. The second-order valence-electron chi connectivity index (χ2n) is 3.26. The minimum atomic E-state index is 0.602. The van der Waals surface area contributed by atoms with Gasteiger partial charge >= 0.3 is 0 Å². The third-order valence-corrected chi connectivity index (χ3v) is 2.27. The lowest BCUT2D eigenvalue weighted by Gasteiger charge is -2.03. The van der Waals surface area contributed by atoms with Gasteiger partial charge in [-0.15, -0.1) is 11.6 Å². The average molecular weight is 195 g/mol. The van der Waals surface area contributed by atoms with Gasteiger partial charge in [0.05, 0.1) is 0 Å². The predicted octanol–water partition coefficient (Wildman–Crippen LogP) is 3.64. The van der Waals surface area contributed by atoms with Crippen LogP contribution in [0.1, 0.15) is 16.7 Å². The van der Waals surface area contributed by atoms with E-state index in [1.807, 2.05) is 6.08 Å². The molecule has 1 rings (SSSR count). The molecule has 0 bridgehead atoms. The van der Waals surface area contributed by atoms with Gasteiger partial charge in [-0.1, -0.05) is 35.9 Å². The van der Waals surface area contributed by atoms with Gasteiger partial charge in [0.1, 0.15) is 0 Å². The molecule has 0 radical (unpaired) electrons. The molecule has 0 aliphatic heterocycles. The minimum Gasteiger partial charge on any atom is -0.122 e. The van der Waals surface area contributed by atoms with Gasteiger partial charge < -0.3 is 0 Å². The van der Waals surface area contributed by atoms with Gasteiger partial charge in [-0.25, -0.2) is 0 Å². The molecule has 1 aromatic rings. The Kier molecular flexibility index (Phi) is 4.04. The number of allylic oxidation sites excluding steroid dienone is 2. The lowest BCUT2D eigenvalue weighted by atomic mass is 10.0. The zero-order valence-electron chi connectivity index (χ0n) is 8.18. The number of alkyl halides is 1. The van der Waals surface area contributed by atoms with Crippen LogP contribution < -0.4 is 0 Å².